The predicted molar refractivity (Wildman–Crippen MR) is 89.7 cm³/mol. The van der Waals surface area contributed by atoms with E-state index in [1.807, 2.05) is 30.3 Å². The summed E-state index contributed by atoms with van der Waals surface area (Å²) in [6.07, 6.45) is 1.46. The zero-order valence-corrected chi connectivity index (χ0v) is 13.6. The fourth-order valence-corrected chi connectivity index (χ4v) is 2.51. The first-order chi connectivity index (χ1) is 11.5. The smallest absolute Gasteiger partial charge is 0.295 e. The van der Waals surface area contributed by atoms with Crippen LogP contribution in [-0.4, -0.2) is 20.7 Å². The number of aromatic nitrogens is 3. The van der Waals surface area contributed by atoms with Crippen LogP contribution in [0.25, 0.3) is 0 Å². The van der Waals surface area contributed by atoms with Crippen LogP contribution in [0.5, 0.6) is 0 Å². The summed E-state index contributed by atoms with van der Waals surface area (Å²) in [4.78, 5) is 16.2. The van der Waals surface area contributed by atoms with Gasteiger partial charge in [0.2, 0.25) is 5.82 Å². The number of rotatable bonds is 4. The lowest BCUT2D eigenvalue weighted by Crippen LogP contribution is -2.15. The number of nitrogens with zero attached hydrogens (tertiary/aromatic N) is 3. The number of halogens is 2. The van der Waals surface area contributed by atoms with Gasteiger partial charge in [-0.1, -0.05) is 41.9 Å². The molecule has 0 atom stereocenters. The third-order valence-electron chi connectivity index (χ3n) is 3.35. The minimum atomic E-state index is -0.681. The van der Waals surface area contributed by atoms with Crippen LogP contribution in [0.15, 0.2) is 48.8 Å². The zero-order valence-electron chi connectivity index (χ0n) is 12.8. The summed E-state index contributed by atoms with van der Waals surface area (Å²) in [5.74, 6) is -1.32. The van der Waals surface area contributed by atoms with Gasteiger partial charge in [0.25, 0.3) is 5.91 Å². The highest BCUT2D eigenvalue weighted by Gasteiger charge is 2.16. The Kier molecular flexibility index (Phi) is 4.57. The Morgan fingerprint density at radius 1 is 1.29 bits per heavy atom. The topological polar surface area (TPSA) is 59.8 Å². The Balaban J connectivity index is 1.75. The van der Waals surface area contributed by atoms with Crippen molar-refractivity contribution in [2.75, 3.05) is 5.32 Å². The average molecular weight is 345 g/mol. The summed E-state index contributed by atoms with van der Waals surface area (Å²) in [7, 11) is 0. The molecule has 0 saturated carbocycles. The van der Waals surface area contributed by atoms with Gasteiger partial charge in [-0.3, -0.25) is 4.79 Å². The Labute approximate surface area is 143 Å². The maximum atomic E-state index is 14.0. The van der Waals surface area contributed by atoms with Crippen molar-refractivity contribution < 1.29 is 9.18 Å². The van der Waals surface area contributed by atoms with Crippen molar-refractivity contribution in [3.8, 4) is 0 Å². The Morgan fingerprint density at radius 3 is 2.79 bits per heavy atom. The summed E-state index contributed by atoms with van der Waals surface area (Å²) in [6.45, 7) is 2.25. The molecule has 0 bridgehead atoms. The summed E-state index contributed by atoms with van der Waals surface area (Å²) in [5, 5.41) is 6.51. The maximum Gasteiger partial charge on any atom is 0.295 e. The third-order valence-corrected chi connectivity index (χ3v) is 3.62. The second kappa shape index (κ2) is 6.80. The van der Waals surface area contributed by atoms with Crippen molar-refractivity contribution in [3.63, 3.8) is 0 Å². The van der Waals surface area contributed by atoms with Crippen LogP contribution in [0.1, 0.15) is 21.7 Å². The first kappa shape index (κ1) is 16.1. The SMILES string of the molecule is Cc1cc(Cl)c(F)c(NC(=O)c2ncn(Cc3ccccc3)n2)c1. The van der Waals surface area contributed by atoms with E-state index in [1.54, 1.807) is 11.6 Å². The van der Waals surface area contributed by atoms with E-state index in [9.17, 15) is 9.18 Å². The first-order valence-corrected chi connectivity index (χ1v) is 7.61. The minimum absolute atomic E-state index is 0.00408. The van der Waals surface area contributed by atoms with E-state index < -0.39 is 11.7 Å². The van der Waals surface area contributed by atoms with Gasteiger partial charge in [0, 0.05) is 0 Å². The van der Waals surface area contributed by atoms with Gasteiger partial charge < -0.3 is 5.32 Å². The Hall–Kier alpha value is -2.73. The van der Waals surface area contributed by atoms with Crippen LogP contribution in [-0.2, 0) is 6.54 Å². The second-order valence-electron chi connectivity index (χ2n) is 5.31. The van der Waals surface area contributed by atoms with E-state index in [0.717, 1.165) is 11.1 Å². The van der Waals surface area contributed by atoms with Crippen LogP contribution >= 0.6 is 11.6 Å². The molecule has 0 radical (unpaired) electrons. The van der Waals surface area contributed by atoms with Gasteiger partial charge in [-0.05, 0) is 30.2 Å². The molecule has 1 N–H and O–H groups in total. The molecule has 0 saturated heterocycles. The van der Waals surface area contributed by atoms with Gasteiger partial charge in [0.05, 0.1) is 17.3 Å². The van der Waals surface area contributed by atoms with Crippen LogP contribution < -0.4 is 5.32 Å². The number of hydrogen-bond acceptors (Lipinski definition) is 3. The number of hydrogen-bond donors (Lipinski definition) is 1. The fourth-order valence-electron chi connectivity index (χ4n) is 2.24. The molecule has 0 aliphatic carbocycles. The lowest BCUT2D eigenvalue weighted by atomic mass is 10.2. The molecular formula is C17H14ClFN4O. The minimum Gasteiger partial charge on any atom is -0.317 e. The molecule has 0 spiro atoms. The molecule has 3 rings (SSSR count). The molecule has 2 aromatic carbocycles. The third kappa shape index (κ3) is 3.60. The van der Waals surface area contributed by atoms with Crippen LogP contribution in [0.4, 0.5) is 10.1 Å². The van der Waals surface area contributed by atoms with E-state index in [4.69, 9.17) is 11.6 Å². The van der Waals surface area contributed by atoms with E-state index in [0.29, 0.717) is 6.54 Å². The number of anilines is 1. The summed E-state index contributed by atoms with van der Waals surface area (Å²) >= 11 is 5.78. The number of carbonyl (C=O) groups is 1. The molecule has 0 aliphatic rings. The van der Waals surface area contributed by atoms with Crippen molar-refractivity contribution in [1.29, 1.82) is 0 Å². The molecule has 3 aromatic rings. The quantitative estimate of drug-likeness (QED) is 0.785. The van der Waals surface area contributed by atoms with Gasteiger partial charge in [0.1, 0.15) is 6.33 Å². The molecule has 0 aliphatic heterocycles. The second-order valence-corrected chi connectivity index (χ2v) is 5.72. The molecule has 0 unspecified atom stereocenters. The number of nitrogens with one attached hydrogen (secondary N) is 1. The Bertz CT molecular complexity index is 880. The van der Waals surface area contributed by atoms with Crippen molar-refractivity contribution in [2.45, 2.75) is 13.5 Å². The predicted octanol–water partition coefficient (Wildman–Crippen LogP) is 3.68. The molecule has 7 heteroatoms. The lowest BCUT2D eigenvalue weighted by molar-refractivity contribution is 0.101. The van der Waals surface area contributed by atoms with Crippen LogP contribution in [0.2, 0.25) is 5.02 Å². The largest absolute Gasteiger partial charge is 0.317 e. The van der Waals surface area contributed by atoms with Crippen molar-refractivity contribution >= 4 is 23.2 Å². The number of carbonyl (C=O) groups excluding carboxylic acids is 1. The molecule has 1 aromatic heterocycles. The van der Waals surface area contributed by atoms with Crippen molar-refractivity contribution in [1.82, 2.24) is 14.8 Å². The highest BCUT2D eigenvalue weighted by Crippen LogP contribution is 2.24. The Morgan fingerprint density at radius 2 is 2.04 bits per heavy atom. The highest BCUT2D eigenvalue weighted by atomic mass is 35.5. The lowest BCUT2D eigenvalue weighted by Gasteiger charge is -2.07. The highest BCUT2D eigenvalue weighted by molar-refractivity contribution is 6.31. The van der Waals surface area contributed by atoms with Gasteiger partial charge in [-0.15, -0.1) is 5.10 Å². The summed E-state index contributed by atoms with van der Waals surface area (Å²) < 4.78 is 15.5. The first-order valence-electron chi connectivity index (χ1n) is 7.23. The standard InChI is InChI=1S/C17H14ClFN4O/c1-11-7-13(18)15(19)14(8-11)21-17(24)16-20-10-23(22-16)9-12-5-3-2-4-6-12/h2-8,10H,9H2,1H3,(H,21,24). The maximum absolute atomic E-state index is 14.0. The van der Waals surface area contributed by atoms with Gasteiger partial charge >= 0.3 is 0 Å². The van der Waals surface area contributed by atoms with E-state index in [-0.39, 0.29) is 16.5 Å². The zero-order chi connectivity index (χ0) is 17.1. The summed E-state index contributed by atoms with van der Waals surface area (Å²) in [5.41, 5.74) is 1.77. The molecule has 1 heterocycles. The van der Waals surface area contributed by atoms with Gasteiger partial charge in [-0.25, -0.2) is 14.1 Å². The van der Waals surface area contributed by atoms with Crippen LogP contribution in [0, 0.1) is 12.7 Å². The molecule has 1 amide bonds. The molecule has 24 heavy (non-hydrogen) atoms. The van der Waals surface area contributed by atoms with E-state index >= 15 is 0 Å². The molecule has 0 fully saturated rings. The van der Waals surface area contributed by atoms with Crippen molar-refractivity contribution in [3.05, 3.63) is 76.6 Å². The molecule has 122 valence electrons. The molecular weight excluding hydrogens is 331 g/mol. The van der Waals surface area contributed by atoms with E-state index in [2.05, 4.69) is 15.4 Å². The van der Waals surface area contributed by atoms with Crippen molar-refractivity contribution in [2.24, 2.45) is 0 Å². The number of benzene rings is 2. The van der Waals surface area contributed by atoms with Gasteiger partial charge in [-0.2, -0.15) is 0 Å². The monoisotopic (exact) mass is 344 g/mol. The molecule has 5 nitrogen and oxygen atoms in total. The average Bonchev–Trinajstić information content (AvgIpc) is 3.01. The normalized spacial score (nSPS) is 10.6. The van der Waals surface area contributed by atoms with E-state index in [1.165, 1.54) is 18.5 Å². The fraction of sp³-hybridized carbons (Fsp3) is 0.118. The summed E-state index contributed by atoms with van der Waals surface area (Å²) in [6, 6.07) is 12.6. The van der Waals surface area contributed by atoms with Crippen LogP contribution in [0.3, 0.4) is 0 Å². The van der Waals surface area contributed by atoms with Gasteiger partial charge in [0.15, 0.2) is 5.82 Å². The number of aryl methyl sites for hydroxylation is 1. The number of amides is 1.